The molecule has 2 heterocycles. The van der Waals surface area contributed by atoms with Crippen LogP contribution in [-0.4, -0.2) is 23.3 Å². The van der Waals surface area contributed by atoms with Gasteiger partial charge in [0.15, 0.2) is 0 Å². The van der Waals surface area contributed by atoms with Gasteiger partial charge < -0.3 is 10.2 Å². The lowest BCUT2D eigenvalue weighted by molar-refractivity contribution is -0.132. The third kappa shape index (κ3) is 4.32. The number of carbonyl (C=O) groups excluding carboxylic acids is 2. The molecule has 0 saturated heterocycles. The smallest absolute Gasteiger partial charge is 0.243 e. The quantitative estimate of drug-likeness (QED) is 0.648. The molecule has 0 bridgehead atoms. The maximum Gasteiger partial charge on any atom is 0.243 e. The number of hydrogen-bond donors (Lipinski definition) is 1. The summed E-state index contributed by atoms with van der Waals surface area (Å²) in [5.74, 6) is 0.0245. The van der Waals surface area contributed by atoms with E-state index in [-0.39, 0.29) is 11.8 Å². The van der Waals surface area contributed by atoms with Crippen LogP contribution < -0.4 is 5.32 Å². The fourth-order valence-electron chi connectivity index (χ4n) is 2.72. The van der Waals surface area contributed by atoms with Gasteiger partial charge in [0.1, 0.15) is 0 Å². The van der Waals surface area contributed by atoms with Crippen LogP contribution in [0.15, 0.2) is 47.2 Å². The van der Waals surface area contributed by atoms with E-state index in [1.165, 1.54) is 17.2 Å². The second-order valence-corrected chi connectivity index (χ2v) is 6.58. The van der Waals surface area contributed by atoms with E-state index in [1.54, 1.807) is 17.4 Å². The summed E-state index contributed by atoms with van der Waals surface area (Å²) in [5.41, 5.74) is 3.49. The Morgan fingerprint density at radius 1 is 1.17 bits per heavy atom. The molecule has 1 aromatic heterocycles. The van der Waals surface area contributed by atoms with Gasteiger partial charge in [0.25, 0.3) is 0 Å². The summed E-state index contributed by atoms with van der Waals surface area (Å²) in [4.78, 5) is 25.8. The molecule has 1 aliphatic heterocycles. The number of benzene rings is 1. The van der Waals surface area contributed by atoms with E-state index in [9.17, 15) is 9.59 Å². The molecule has 2 amide bonds. The van der Waals surface area contributed by atoms with Crippen molar-refractivity contribution in [3.8, 4) is 0 Å². The van der Waals surface area contributed by atoms with Crippen LogP contribution in [0.25, 0.3) is 6.08 Å². The predicted molar refractivity (Wildman–Crippen MR) is 96.3 cm³/mol. The van der Waals surface area contributed by atoms with Crippen LogP contribution in [0, 0.1) is 0 Å². The Hall–Kier alpha value is -2.40. The number of amides is 2. The normalized spacial score (nSPS) is 13.2. The first-order valence-electron chi connectivity index (χ1n) is 8.05. The number of hydrogen-bond acceptors (Lipinski definition) is 3. The van der Waals surface area contributed by atoms with Crippen molar-refractivity contribution in [2.45, 2.75) is 25.9 Å². The van der Waals surface area contributed by atoms with Gasteiger partial charge in [-0.1, -0.05) is 24.3 Å². The van der Waals surface area contributed by atoms with E-state index in [2.05, 4.69) is 17.4 Å². The molecule has 0 fully saturated rings. The average Bonchev–Trinajstić information content (AvgIpc) is 3.25. The van der Waals surface area contributed by atoms with Gasteiger partial charge in [0.2, 0.25) is 11.8 Å². The molecule has 5 heteroatoms. The summed E-state index contributed by atoms with van der Waals surface area (Å²) in [5, 5.41) is 6.77. The van der Waals surface area contributed by atoms with Crippen molar-refractivity contribution >= 4 is 29.2 Å². The third-order valence-electron chi connectivity index (χ3n) is 4.03. The standard InChI is InChI=1S/C19H20N2O2S/c22-18(8-7-15-9-11-24-14-15)20-10-3-6-19(23)21-12-16-4-1-2-5-17(16)13-21/h1-2,4-5,7-9,11,14H,3,6,10,12-13H2,(H,20,22)/b8-7+. The lowest BCUT2D eigenvalue weighted by Crippen LogP contribution is -2.27. The molecule has 3 rings (SSSR count). The van der Waals surface area contributed by atoms with E-state index in [4.69, 9.17) is 0 Å². The highest BCUT2D eigenvalue weighted by Crippen LogP contribution is 2.22. The first-order chi connectivity index (χ1) is 11.7. The molecule has 1 aliphatic rings. The number of fused-ring (bicyclic) bond motifs is 1. The van der Waals surface area contributed by atoms with Gasteiger partial charge in [-0.3, -0.25) is 9.59 Å². The minimum atomic E-state index is -0.123. The van der Waals surface area contributed by atoms with E-state index < -0.39 is 0 Å². The largest absolute Gasteiger partial charge is 0.353 e. The van der Waals surface area contributed by atoms with Gasteiger partial charge in [-0.25, -0.2) is 0 Å². The number of nitrogens with one attached hydrogen (secondary N) is 1. The van der Waals surface area contributed by atoms with Crippen LogP contribution in [-0.2, 0) is 22.7 Å². The maximum absolute atomic E-state index is 12.2. The molecule has 0 saturated carbocycles. The summed E-state index contributed by atoms with van der Waals surface area (Å²) in [6, 6.07) is 10.1. The van der Waals surface area contributed by atoms with Crippen LogP contribution in [0.1, 0.15) is 29.5 Å². The first kappa shape index (κ1) is 16.5. The zero-order valence-electron chi connectivity index (χ0n) is 13.4. The second kappa shape index (κ2) is 7.93. The van der Waals surface area contributed by atoms with Gasteiger partial charge in [0.05, 0.1) is 0 Å². The monoisotopic (exact) mass is 340 g/mol. The van der Waals surface area contributed by atoms with Crippen molar-refractivity contribution in [3.63, 3.8) is 0 Å². The number of nitrogens with zero attached hydrogens (tertiary/aromatic N) is 1. The molecule has 0 spiro atoms. The van der Waals surface area contributed by atoms with Gasteiger partial charge in [-0.05, 0) is 46.0 Å². The van der Waals surface area contributed by atoms with Crippen molar-refractivity contribution in [1.82, 2.24) is 10.2 Å². The molecular weight excluding hydrogens is 320 g/mol. The molecule has 24 heavy (non-hydrogen) atoms. The molecule has 0 radical (unpaired) electrons. The average molecular weight is 340 g/mol. The molecule has 1 N–H and O–H groups in total. The highest BCUT2D eigenvalue weighted by molar-refractivity contribution is 7.08. The Kier molecular flexibility index (Phi) is 5.43. The van der Waals surface area contributed by atoms with Gasteiger partial charge in [0, 0.05) is 32.1 Å². The Balaban J connectivity index is 1.35. The predicted octanol–water partition coefficient (Wildman–Crippen LogP) is 3.20. The van der Waals surface area contributed by atoms with Crippen molar-refractivity contribution in [3.05, 3.63) is 63.9 Å². The van der Waals surface area contributed by atoms with Crippen molar-refractivity contribution in [2.24, 2.45) is 0 Å². The van der Waals surface area contributed by atoms with Gasteiger partial charge in [-0.15, -0.1) is 0 Å². The highest BCUT2D eigenvalue weighted by atomic mass is 32.1. The van der Waals surface area contributed by atoms with E-state index in [0.29, 0.717) is 32.5 Å². The summed E-state index contributed by atoms with van der Waals surface area (Å²) < 4.78 is 0. The van der Waals surface area contributed by atoms with Crippen LogP contribution in [0.4, 0.5) is 0 Å². The number of thiophene rings is 1. The second-order valence-electron chi connectivity index (χ2n) is 5.80. The molecule has 0 aliphatic carbocycles. The SMILES string of the molecule is O=C(/C=C/c1ccsc1)NCCCC(=O)N1Cc2ccccc2C1. The van der Waals surface area contributed by atoms with Crippen LogP contribution >= 0.6 is 11.3 Å². The first-order valence-corrected chi connectivity index (χ1v) is 8.99. The van der Waals surface area contributed by atoms with E-state index in [0.717, 1.165) is 5.56 Å². The summed E-state index contributed by atoms with van der Waals surface area (Å²) >= 11 is 1.60. The van der Waals surface area contributed by atoms with Crippen LogP contribution in [0.3, 0.4) is 0 Å². The topological polar surface area (TPSA) is 49.4 Å². The van der Waals surface area contributed by atoms with Crippen molar-refractivity contribution in [2.75, 3.05) is 6.54 Å². The summed E-state index contributed by atoms with van der Waals surface area (Å²) in [7, 11) is 0. The van der Waals surface area contributed by atoms with Gasteiger partial charge in [-0.2, -0.15) is 11.3 Å². The Morgan fingerprint density at radius 3 is 2.58 bits per heavy atom. The molecule has 2 aromatic rings. The molecule has 124 valence electrons. The zero-order valence-corrected chi connectivity index (χ0v) is 14.2. The Morgan fingerprint density at radius 2 is 1.92 bits per heavy atom. The van der Waals surface area contributed by atoms with Gasteiger partial charge >= 0.3 is 0 Å². The molecule has 0 unspecified atom stereocenters. The van der Waals surface area contributed by atoms with Crippen molar-refractivity contribution in [1.29, 1.82) is 0 Å². The van der Waals surface area contributed by atoms with E-state index in [1.807, 2.05) is 33.9 Å². The van der Waals surface area contributed by atoms with E-state index >= 15 is 0 Å². The molecule has 0 atom stereocenters. The molecular formula is C19H20N2O2S. The minimum Gasteiger partial charge on any atom is -0.353 e. The van der Waals surface area contributed by atoms with Crippen molar-refractivity contribution < 1.29 is 9.59 Å². The van der Waals surface area contributed by atoms with Crippen LogP contribution in [0.2, 0.25) is 0 Å². The number of rotatable bonds is 6. The van der Waals surface area contributed by atoms with Crippen LogP contribution in [0.5, 0.6) is 0 Å². The third-order valence-corrected chi connectivity index (χ3v) is 4.73. The minimum absolute atomic E-state index is 0.123. The lowest BCUT2D eigenvalue weighted by atomic mass is 10.1. The highest BCUT2D eigenvalue weighted by Gasteiger charge is 2.22. The Labute approximate surface area is 145 Å². The fourth-order valence-corrected chi connectivity index (χ4v) is 3.35. The number of carbonyl (C=O) groups is 2. The summed E-state index contributed by atoms with van der Waals surface area (Å²) in [6.07, 6.45) is 4.44. The molecule has 4 nitrogen and oxygen atoms in total. The lowest BCUT2D eigenvalue weighted by Gasteiger charge is -2.15. The fraction of sp³-hybridized carbons (Fsp3) is 0.263. The molecule has 1 aromatic carbocycles. The summed E-state index contributed by atoms with van der Waals surface area (Å²) in [6.45, 7) is 1.91. The zero-order chi connectivity index (χ0) is 16.8. The Bertz CT molecular complexity index is 713. The maximum atomic E-state index is 12.2.